The average molecular weight is 325 g/mol. The van der Waals surface area contributed by atoms with Crippen LogP contribution < -0.4 is 0 Å². The second-order valence-corrected chi connectivity index (χ2v) is 10.8. The minimum Gasteiger partial charge on any atom is -0.390 e. The Kier molecular flexibility index (Phi) is 4.00. The molecule has 0 aromatic heterocycles. The summed E-state index contributed by atoms with van der Waals surface area (Å²) in [6.07, 6.45) is -0.778. The summed E-state index contributed by atoms with van der Waals surface area (Å²) >= 11 is 0. The average Bonchev–Trinajstić information content (AvgIpc) is 3.13. The van der Waals surface area contributed by atoms with E-state index in [4.69, 9.17) is 0 Å². The molecule has 0 spiro atoms. The highest BCUT2D eigenvalue weighted by Crippen LogP contribution is 2.53. The predicted molar refractivity (Wildman–Crippen MR) is 89.0 cm³/mol. The van der Waals surface area contributed by atoms with Gasteiger partial charge in [0.15, 0.2) is 0 Å². The number of hydrogen-bond acceptors (Lipinski definition) is 3. The largest absolute Gasteiger partial charge is 0.390 e. The molecule has 0 bridgehead atoms. The monoisotopic (exact) mass is 325 g/mol. The van der Waals surface area contributed by atoms with Crippen molar-refractivity contribution in [2.24, 2.45) is 5.41 Å². The summed E-state index contributed by atoms with van der Waals surface area (Å²) < 4.78 is 26.3. The van der Waals surface area contributed by atoms with Gasteiger partial charge in [0, 0.05) is 6.54 Å². The van der Waals surface area contributed by atoms with Crippen LogP contribution in [0.15, 0.2) is 30.3 Å². The third-order valence-corrected chi connectivity index (χ3v) is 6.92. The summed E-state index contributed by atoms with van der Waals surface area (Å²) in [6.45, 7) is 11.2. The van der Waals surface area contributed by atoms with Gasteiger partial charge < -0.3 is 5.11 Å². The van der Waals surface area contributed by atoms with Crippen LogP contribution in [0, 0.1) is 5.41 Å². The maximum atomic E-state index is 12.8. The molecule has 4 nitrogen and oxygen atoms in total. The highest BCUT2D eigenvalue weighted by molar-refractivity contribution is 7.90. The molecule has 22 heavy (non-hydrogen) atoms. The van der Waals surface area contributed by atoms with Crippen LogP contribution in [0.5, 0.6) is 0 Å². The molecule has 1 heterocycles. The summed E-state index contributed by atoms with van der Waals surface area (Å²) in [6, 6.07) is 9.45. The fourth-order valence-corrected chi connectivity index (χ4v) is 4.53. The van der Waals surface area contributed by atoms with E-state index in [1.165, 1.54) is 4.31 Å². The van der Waals surface area contributed by atoms with Crippen molar-refractivity contribution in [1.82, 2.24) is 4.31 Å². The van der Waals surface area contributed by atoms with Crippen molar-refractivity contribution >= 4 is 10.0 Å². The molecule has 124 valence electrons. The normalized spacial score (nSPS) is 27.5. The molecule has 2 rings (SSSR count). The first kappa shape index (κ1) is 17.4. The lowest BCUT2D eigenvalue weighted by Crippen LogP contribution is -2.45. The number of aliphatic hydroxyl groups is 1. The Bertz CT molecular complexity index is 641. The first-order valence-corrected chi connectivity index (χ1v) is 9.05. The molecule has 1 aromatic carbocycles. The summed E-state index contributed by atoms with van der Waals surface area (Å²) in [5.74, 6) is 0. The van der Waals surface area contributed by atoms with Crippen molar-refractivity contribution in [3.8, 4) is 0 Å². The zero-order valence-electron chi connectivity index (χ0n) is 14.3. The van der Waals surface area contributed by atoms with Gasteiger partial charge in [-0.05, 0) is 31.7 Å². The van der Waals surface area contributed by atoms with E-state index < -0.39 is 31.8 Å². The van der Waals surface area contributed by atoms with Gasteiger partial charge in [-0.2, -0.15) is 4.31 Å². The number of hydrogen-bond donors (Lipinski definition) is 1. The summed E-state index contributed by atoms with van der Waals surface area (Å²) in [5, 5.41) is 10.9. The molecular formula is C17H27NO3S. The van der Waals surface area contributed by atoms with E-state index >= 15 is 0 Å². The Morgan fingerprint density at radius 1 is 1.09 bits per heavy atom. The Morgan fingerprint density at radius 2 is 1.59 bits per heavy atom. The van der Waals surface area contributed by atoms with E-state index in [-0.39, 0.29) is 0 Å². The molecule has 0 amide bonds. The van der Waals surface area contributed by atoms with Gasteiger partial charge >= 0.3 is 0 Å². The zero-order valence-corrected chi connectivity index (χ0v) is 15.1. The van der Waals surface area contributed by atoms with Gasteiger partial charge in [0.25, 0.3) is 0 Å². The molecule has 1 aliphatic heterocycles. The fraction of sp³-hybridized carbons (Fsp3) is 0.647. The summed E-state index contributed by atoms with van der Waals surface area (Å²) in [7, 11) is -3.49. The lowest BCUT2D eigenvalue weighted by molar-refractivity contribution is 0.0185. The molecule has 1 saturated heterocycles. The molecule has 3 unspecified atom stereocenters. The number of benzene rings is 1. The highest BCUT2D eigenvalue weighted by Gasteiger charge is 2.67. The van der Waals surface area contributed by atoms with Crippen LogP contribution in [0.3, 0.4) is 0 Å². The van der Waals surface area contributed by atoms with E-state index in [9.17, 15) is 13.5 Å². The molecule has 1 aromatic rings. The molecule has 1 aliphatic rings. The topological polar surface area (TPSA) is 57.4 Å². The van der Waals surface area contributed by atoms with Crippen molar-refractivity contribution in [2.45, 2.75) is 57.9 Å². The molecule has 0 radical (unpaired) electrons. The van der Waals surface area contributed by atoms with Gasteiger partial charge in [0.05, 0.1) is 10.9 Å². The SMILES string of the molecule is CC(C)(C)C(O)C1(c2ccccc2)CN1S(=O)(=O)C(C)(C)C. The van der Waals surface area contributed by atoms with Crippen LogP contribution in [0.4, 0.5) is 0 Å². The van der Waals surface area contributed by atoms with Crippen molar-refractivity contribution in [3.05, 3.63) is 35.9 Å². The van der Waals surface area contributed by atoms with Crippen molar-refractivity contribution in [1.29, 1.82) is 0 Å². The van der Waals surface area contributed by atoms with Crippen molar-refractivity contribution in [2.75, 3.05) is 6.54 Å². The lowest BCUT2D eigenvalue weighted by atomic mass is 9.78. The minimum absolute atomic E-state index is 0.328. The number of aliphatic hydroxyl groups excluding tert-OH is 1. The van der Waals surface area contributed by atoms with Gasteiger partial charge in [0.2, 0.25) is 10.0 Å². The van der Waals surface area contributed by atoms with Crippen molar-refractivity contribution in [3.63, 3.8) is 0 Å². The van der Waals surface area contributed by atoms with E-state index in [0.29, 0.717) is 6.54 Å². The minimum atomic E-state index is -3.49. The third-order valence-electron chi connectivity index (χ3n) is 4.34. The first-order chi connectivity index (χ1) is 9.85. The molecule has 0 aliphatic carbocycles. The van der Waals surface area contributed by atoms with E-state index in [0.717, 1.165) is 5.56 Å². The lowest BCUT2D eigenvalue weighted by Gasteiger charge is -2.35. The molecule has 5 heteroatoms. The van der Waals surface area contributed by atoms with Crippen LogP contribution in [0.25, 0.3) is 0 Å². The van der Waals surface area contributed by atoms with Crippen LogP contribution in [-0.4, -0.2) is 35.2 Å². The van der Waals surface area contributed by atoms with Crippen LogP contribution in [0.1, 0.15) is 47.1 Å². The smallest absolute Gasteiger partial charge is 0.220 e. The Labute approximate surface area is 134 Å². The van der Waals surface area contributed by atoms with Crippen LogP contribution >= 0.6 is 0 Å². The third kappa shape index (κ3) is 2.59. The van der Waals surface area contributed by atoms with Crippen LogP contribution in [-0.2, 0) is 15.6 Å². The summed E-state index contributed by atoms with van der Waals surface area (Å²) in [5.41, 5.74) is -0.422. The molecule has 3 atom stereocenters. The van der Waals surface area contributed by atoms with E-state index in [2.05, 4.69) is 0 Å². The second kappa shape index (κ2) is 5.05. The number of rotatable bonds is 3. The van der Waals surface area contributed by atoms with Crippen molar-refractivity contribution < 1.29 is 13.5 Å². The van der Waals surface area contributed by atoms with Gasteiger partial charge in [-0.3, -0.25) is 0 Å². The highest BCUT2D eigenvalue weighted by atomic mass is 32.2. The first-order valence-electron chi connectivity index (χ1n) is 7.61. The summed E-state index contributed by atoms with van der Waals surface area (Å²) in [4.78, 5) is 0. The van der Waals surface area contributed by atoms with Gasteiger partial charge in [-0.1, -0.05) is 51.1 Å². The Hall–Kier alpha value is -0.910. The van der Waals surface area contributed by atoms with Gasteiger partial charge in [-0.15, -0.1) is 0 Å². The molecule has 1 fully saturated rings. The molecule has 1 N–H and O–H groups in total. The van der Waals surface area contributed by atoms with E-state index in [1.54, 1.807) is 20.8 Å². The standard InChI is InChI=1S/C17H27NO3S/c1-15(2,3)14(19)17(13-10-8-7-9-11-13)12-18(17)22(20,21)16(4,5)6/h7-11,14,19H,12H2,1-6H3. The van der Waals surface area contributed by atoms with E-state index in [1.807, 2.05) is 51.1 Å². The van der Waals surface area contributed by atoms with Gasteiger partial charge in [-0.25, -0.2) is 8.42 Å². The predicted octanol–water partition coefficient (Wildman–Crippen LogP) is 2.73. The van der Waals surface area contributed by atoms with Gasteiger partial charge in [0.1, 0.15) is 5.54 Å². The Balaban J connectivity index is 2.54. The Morgan fingerprint density at radius 3 is 2.00 bits per heavy atom. The molecular weight excluding hydrogens is 298 g/mol. The number of nitrogens with zero attached hydrogens (tertiary/aromatic N) is 1. The zero-order chi connectivity index (χ0) is 17.0. The second-order valence-electron chi connectivity index (χ2n) is 8.18. The quantitative estimate of drug-likeness (QED) is 0.869. The number of sulfonamides is 1. The fourth-order valence-electron chi connectivity index (χ4n) is 2.87. The maximum absolute atomic E-state index is 12.8. The molecule has 0 saturated carbocycles. The van der Waals surface area contributed by atoms with Crippen LogP contribution in [0.2, 0.25) is 0 Å². The maximum Gasteiger partial charge on any atom is 0.220 e.